The van der Waals surface area contributed by atoms with Crippen LogP contribution in [0.25, 0.3) is 0 Å². The minimum atomic E-state index is -0.804. The van der Waals surface area contributed by atoms with Crippen molar-refractivity contribution in [2.45, 2.75) is 30.6 Å². The highest BCUT2D eigenvalue weighted by molar-refractivity contribution is 6.40. The summed E-state index contributed by atoms with van der Waals surface area (Å²) in [6, 6.07) is 0. The maximum Gasteiger partial charge on any atom is 0.251 e. The first-order valence-corrected chi connectivity index (χ1v) is 6.56. The zero-order valence-electron chi connectivity index (χ0n) is 9.25. The quantitative estimate of drug-likeness (QED) is 0.491. The summed E-state index contributed by atoms with van der Waals surface area (Å²) in [5.41, 5.74) is -0.481. The smallest absolute Gasteiger partial charge is 0.251 e. The van der Waals surface area contributed by atoms with Crippen LogP contribution >= 0.6 is 0 Å². The van der Waals surface area contributed by atoms with Gasteiger partial charge in [0.1, 0.15) is 0 Å². The lowest BCUT2D eigenvalue weighted by Gasteiger charge is -2.33. The minimum absolute atomic E-state index is 0.323. The van der Waals surface area contributed by atoms with Crippen LogP contribution in [0.1, 0.15) is 19.3 Å². The molecule has 0 radical (unpaired) electrons. The van der Waals surface area contributed by atoms with Crippen molar-refractivity contribution in [3.8, 4) is 0 Å². The van der Waals surface area contributed by atoms with Gasteiger partial charge in [-0.2, -0.15) is 0 Å². The van der Waals surface area contributed by atoms with Crippen molar-refractivity contribution >= 4 is 9.52 Å². The largest absolute Gasteiger partial charge is 0.382 e. The highest BCUT2D eigenvalue weighted by Gasteiger charge is 2.34. The van der Waals surface area contributed by atoms with E-state index >= 15 is 0 Å². The lowest BCUT2D eigenvalue weighted by Crippen LogP contribution is -2.49. The van der Waals surface area contributed by atoms with Gasteiger partial charge in [-0.1, -0.05) is 0 Å². The molecular formula is C9H20O4Si. The van der Waals surface area contributed by atoms with Crippen LogP contribution in [0.2, 0.25) is 0 Å². The summed E-state index contributed by atoms with van der Waals surface area (Å²) in [6.45, 7) is 0.866. The average molecular weight is 220 g/mol. The van der Waals surface area contributed by atoms with Crippen molar-refractivity contribution in [2.75, 3.05) is 27.9 Å². The second kappa shape index (κ2) is 5.82. The Morgan fingerprint density at radius 1 is 1.14 bits per heavy atom. The van der Waals surface area contributed by atoms with E-state index in [4.69, 9.17) is 18.9 Å². The van der Waals surface area contributed by atoms with E-state index < -0.39 is 15.1 Å². The Labute approximate surface area is 87.7 Å². The van der Waals surface area contributed by atoms with Gasteiger partial charge in [-0.05, 0) is 19.3 Å². The number of methoxy groups -OCH3 is 3. The Bertz CT molecular complexity index is 147. The minimum Gasteiger partial charge on any atom is -0.382 e. The number of ether oxygens (including phenoxy) is 4. The maximum atomic E-state index is 5.66. The third-order valence-corrected chi connectivity index (χ3v) is 5.15. The molecule has 4 nitrogen and oxygen atoms in total. The monoisotopic (exact) mass is 220 g/mol. The number of hydrogen-bond donors (Lipinski definition) is 0. The number of rotatable bonds is 5. The second-order valence-corrected chi connectivity index (χ2v) is 5.67. The van der Waals surface area contributed by atoms with Crippen molar-refractivity contribution in [1.82, 2.24) is 0 Å². The molecule has 1 fully saturated rings. The van der Waals surface area contributed by atoms with Gasteiger partial charge in [0.25, 0.3) is 5.60 Å². The molecule has 84 valence electrons. The van der Waals surface area contributed by atoms with Crippen molar-refractivity contribution in [3.05, 3.63) is 0 Å². The molecule has 1 unspecified atom stereocenters. The van der Waals surface area contributed by atoms with E-state index in [0.717, 1.165) is 13.0 Å². The van der Waals surface area contributed by atoms with Gasteiger partial charge in [0.15, 0.2) is 9.52 Å². The van der Waals surface area contributed by atoms with Gasteiger partial charge in [0.05, 0.1) is 5.73 Å². The molecule has 1 aliphatic heterocycles. The Kier molecular flexibility index (Phi) is 5.04. The van der Waals surface area contributed by atoms with Crippen molar-refractivity contribution in [2.24, 2.45) is 0 Å². The zero-order valence-corrected chi connectivity index (χ0v) is 10.7. The van der Waals surface area contributed by atoms with Crippen LogP contribution in [0, 0.1) is 0 Å². The summed E-state index contributed by atoms with van der Waals surface area (Å²) in [6.07, 6.45) is 3.53. The molecule has 1 atom stereocenters. The highest BCUT2D eigenvalue weighted by Crippen LogP contribution is 2.18. The van der Waals surface area contributed by atoms with E-state index in [2.05, 4.69) is 0 Å². The topological polar surface area (TPSA) is 36.9 Å². The van der Waals surface area contributed by atoms with Crippen LogP contribution in [-0.2, 0) is 18.9 Å². The first kappa shape index (κ1) is 12.1. The summed E-state index contributed by atoms with van der Waals surface area (Å²) in [5.74, 6) is 0. The molecule has 1 saturated heterocycles. The van der Waals surface area contributed by atoms with Crippen LogP contribution < -0.4 is 0 Å². The van der Waals surface area contributed by atoms with Gasteiger partial charge in [-0.25, -0.2) is 0 Å². The van der Waals surface area contributed by atoms with Crippen molar-refractivity contribution in [3.63, 3.8) is 0 Å². The summed E-state index contributed by atoms with van der Waals surface area (Å²) in [4.78, 5) is 0. The van der Waals surface area contributed by atoms with Crippen LogP contribution in [0.15, 0.2) is 0 Å². The predicted molar refractivity (Wildman–Crippen MR) is 55.9 cm³/mol. The molecule has 1 rings (SSSR count). The normalized spacial score (nSPS) is 24.6. The van der Waals surface area contributed by atoms with Gasteiger partial charge in [0, 0.05) is 27.9 Å². The summed E-state index contributed by atoms with van der Waals surface area (Å²) < 4.78 is 21.5. The Hall–Kier alpha value is 0.0569. The zero-order chi connectivity index (χ0) is 10.4. The van der Waals surface area contributed by atoms with Crippen LogP contribution in [0.3, 0.4) is 0 Å². The first-order chi connectivity index (χ1) is 6.76. The van der Waals surface area contributed by atoms with Crippen LogP contribution in [-0.4, -0.2) is 48.8 Å². The van der Waals surface area contributed by atoms with E-state index in [1.165, 1.54) is 12.8 Å². The number of hydrogen-bond acceptors (Lipinski definition) is 4. The Balaban J connectivity index is 2.44. The van der Waals surface area contributed by atoms with Crippen LogP contribution in [0.4, 0.5) is 0 Å². The third kappa shape index (κ3) is 3.03. The fraction of sp³-hybridized carbons (Fsp3) is 1.00. The lowest BCUT2D eigenvalue weighted by molar-refractivity contribution is -0.296. The average Bonchev–Trinajstić information content (AvgIpc) is 2.28. The third-order valence-electron chi connectivity index (χ3n) is 2.68. The first-order valence-electron chi connectivity index (χ1n) is 5.03. The highest BCUT2D eigenvalue weighted by atomic mass is 28.2. The molecule has 0 spiro atoms. The fourth-order valence-corrected chi connectivity index (χ4v) is 3.58. The van der Waals surface area contributed by atoms with Gasteiger partial charge >= 0.3 is 0 Å². The SMILES string of the molecule is COC(OC)(OC)[SiH2]C1CCCCO1. The van der Waals surface area contributed by atoms with E-state index in [0.29, 0.717) is 5.73 Å². The maximum absolute atomic E-state index is 5.66. The van der Waals surface area contributed by atoms with E-state index in [9.17, 15) is 0 Å². The molecule has 0 aromatic heterocycles. The Morgan fingerprint density at radius 2 is 1.79 bits per heavy atom. The molecule has 1 aliphatic rings. The van der Waals surface area contributed by atoms with Gasteiger partial charge < -0.3 is 18.9 Å². The molecule has 0 N–H and O–H groups in total. The Morgan fingerprint density at radius 3 is 2.21 bits per heavy atom. The van der Waals surface area contributed by atoms with Crippen LogP contribution in [0.5, 0.6) is 0 Å². The van der Waals surface area contributed by atoms with Gasteiger partial charge in [-0.15, -0.1) is 0 Å². The molecule has 5 heteroatoms. The standard InChI is InChI=1S/C9H20O4Si/c1-10-9(11-2,12-3)14-8-6-4-5-7-13-8/h8H,4-7,14H2,1-3H3. The summed E-state index contributed by atoms with van der Waals surface area (Å²) in [5, 5.41) is 0. The van der Waals surface area contributed by atoms with E-state index in [-0.39, 0.29) is 0 Å². The second-order valence-electron chi connectivity index (χ2n) is 3.49. The van der Waals surface area contributed by atoms with E-state index in [1.807, 2.05) is 0 Å². The molecule has 0 aromatic carbocycles. The molecule has 0 bridgehead atoms. The lowest BCUT2D eigenvalue weighted by atomic mass is 10.2. The molecule has 0 aliphatic carbocycles. The molecule has 0 amide bonds. The van der Waals surface area contributed by atoms with Gasteiger partial charge in [-0.3, -0.25) is 0 Å². The van der Waals surface area contributed by atoms with E-state index in [1.54, 1.807) is 21.3 Å². The van der Waals surface area contributed by atoms with Crippen molar-refractivity contribution < 1.29 is 18.9 Å². The molecule has 0 aromatic rings. The molecule has 1 heterocycles. The fourth-order valence-electron chi connectivity index (χ4n) is 1.75. The summed E-state index contributed by atoms with van der Waals surface area (Å²) in [7, 11) is 4.13. The predicted octanol–water partition coefficient (Wildman–Crippen LogP) is 0.232. The molecular weight excluding hydrogens is 200 g/mol. The van der Waals surface area contributed by atoms with Crippen molar-refractivity contribution in [1.29, 1.82) is 0 Å². The molecule has 0 saturated carbocycles. The van der Waals surface area contributed by atoms with Gasteiger partial charge in [0.2, 0.25) is 0 Å². The summed E-state index contributed by atoms with van der Waals surface area (Å²) >= 11 is 0. The molecule has 14 heavy (non-hydrogen) atoms.